The molecule has 0 spiro atoms. The topological polar surface area (TPSA) is 3.88 Å². The molecular formula is C25H28N+. The summed E-state index contributed by atoms with van der Waals surface area (Å²) in [6, 6.07) is 18.3. The average molecular weight is 343 g/mol. The Morgan fingerprint density at radius 2 is 1.58 bits per heavy atom. The minimum atomic E-state index is 0.0331. The van der Waals surface area contributed by atoms with Crippen LogP contribution in [-0.4, -0.2) is 0 Å². The minimum Gasteiger partial charge on any atom is -0.201 e. The Labute approximate surface area is 157 Å². The van der Waals surface area contributed by atoms with Gasteiger partial charge in [-0.1, -0.05) is 52.0 Å². The Hall–Kier alpha value is -2.41. The summed E-state index contributed by atoms with van der Waals surface area (Å²) in [7, 11) is 2.12. The Morgan fingerprint density at radius 3 is 2.27 bits per heavy atom. The molecule has 0 N–H and O–H groups in total. The van der Waals surface area contributed by atoms with Gasteiger partial charge in [0.05, 0.1) is 0 Å². The normalized spacial score (nSPS) is 14.4. The molecule has 0 amide bonds. The number of pyridine rings is 1. The Balaban J connectivity index is 1.95. The van der Waals surface area contributed by atoms with Crippen molar-refractivity contribution < 1.29 is 4.57 Å². The molecule has 1 heterocycles. The highest BCUT2D eigenvalue weighted by Gasteiger charge is 2.36. The summed E-state index contributed by atoms with van der Waals surface area (Å²) >= 11 is 0. The zero-order valence-corrected chi connectivity index (χ0v) is 16.7. The summed E-state index contributed by atoms with van der Waals surface area (Å²) in [5.74, 6) is 0.556. The summed E-state index contributed by atoms with van der Waals surface area (Å²) in [5.41, 5.74) is 11.1. The van der Waals surface area contributed by atoms with E-state index >= 15 is 0 Å². The van der Waals surface area contributed by atoms with Crippen LogP contribution in [0.5, 0.6) is 0 Å². The summed E-state index contributed by atoms with van der Waals surface area (Å²) in [5, 5.41) is 0. The van der Waals surface area contributed by atoms with E-state index in [1.807, 2.05) is 0 Å². The fourth-order valence-corrected chi connectivity index (χ4v) is 4.34. The van der Waals surface area contributed by atoms with Gasteiger partial charge in [0.15, 0.2) is 6.20 Å². The van der Waals surface area contributed by atoms with Crippen molar-refractivity contribution in [1.82, 2.24) is 0 Å². The van der Waals surface area contributed by atoms with Crippen molar-refractivity contribution in [3.05, 3.63) is 77.0 Å². The molecule has 0 aliphatic heterocycles. The maximum atomic E-state index is 2.43. The lowest BCUT2D eigenvalue weighted by Crippen LogP contribution is -2.30. The quantitative estimate of drug-likeness (QED) is 0.509. The standard InChI is InChI=1S/C25H28N/c1-16(2)18-10-11-19-21-13-17(3)20(24-9-7-8-12-26(24)6)15-23(21)25(4,5)22(19)14-18/h7-16H,1-6H3/q+1. The Kier molecular flexibility index (Phi) is 3.80. The van der Waals surface area contributed by atoms with Crippen LogP contribution in [0, 0.1) is 6.92 Å². The monoisotopic (exact) mass is 342 g/mol. The van der Waals surface area contributed by atoms with Crippen molar-refractivity contribution >= 4 is 0 Å². The third kappa shape index (κ3) is 2.41. The van der Waals surface area contributed by atoms with Gasteiger partial charge in [0.2, 0.25) is 5.69 Å². The lowest BCUT2D eigenvalue weighted by molar-refractivity contribution is -0.660. The van der Waals surface area contributed by atoms with Gasteiger partial charge in [0.25, 0.3) is 0 Å². The van der Waals surface area contributed by atoms with E-state index in [1.165, 1.54) is 44.6 Å². The van der Waals surface area contributed by atoms with Crippen molar-refractivity contribution in [1.29, 1.82) is 0 Å². The second kappa shape index (κ2) is 5.81. The van der Waals surface area contributed by atoms with Crippen LogP contribution in [0.25, 0.3) is 22.4 Å². The molecular weight excluding hydrogens is 314 g/mol. The molecule has 0 atom stereocenters. The van der Waals surface area contributed by atoms with E-state index in [0.717, 1.165) is 0 Å². The fraction of sp³-hybridized carbons (Fsp3) is 0.320. The van der Waals surface area contributed by atoms with Crippen molar-refractivity contribution in [2.75, 3.05) is 0 Å². The largest absolute Gasteiger partial charge is 0.212 e. The molecule has 3 aromatic rings. The van der Waals surface area contributed by atoms with Crippen LogP contribution in [0.4, 0.5) is 0 Å². The maximum absolute atomic E-state index is 2.43. The number of nitrogens with zero attached hydrogens (tertiary/aromatic N) is 1. The van der Waals surface area contributed by atoms with Gasteiger partial charge in [0, 0.05) is 23.1 Å². The van der Waals surface area contributed by atoms with Crippen LogP contribution in [0.2, 0.25) is 0 Å². The third-order valence-corrected chi connectivity index (χ3v) is 6.04. The van der Waals surface area contributed by atoms with E-state index in [-0.39, 0.29) is 5.41 Å². The third-order valence-electron chi connectivity index (χ3n) is 6.04. The first-order valence-corrected chi connectivity index (χ1v) is 9.55. The molecule has 132 valence electrons. The van der Waals surface area contributed by atoms with Gasteiger partial charge < -0.3 is 0 Å². The zero-order chi connectivity index (χ0) is 18.6. The molecule has 1 nitrogen and oxygen atoms in total. The van der Waals surface area contributed by atoms with Gasteiger partial charge in [-0.15, -0.1) is 0 Å². The second-order valence-electron chi connectivity index (χ2n) is 8.49. The SMILES string of the molecule is Cc1cc2c(cc1-c1cccc[n+]1C)C(C)(C)c1cc(C(C)C)ccc1-2. The fourth-order valence-electron chi connectivity index (χ4n) is 4.34. The van der Waals surface area contributed by atoms with Crippen LogP contribution in [0.15, 0.2) is 54.7 Å². The van der Waals surface area contributed by atoms with Gasteiger partial charge in [-0.3, -0.25) is 0 Å². The first kappa shape index (κ1) is 17.0. The predicted molar refractivity (Wildman–Crippen MR) is 109 cm³/mol. The average Bonchev–Trinajstić information content (AvgIpc) is 2.82. The van der Waals surface area contributed by atoms with E-state index < -0.39 is 0 Å². The van der Waals surface area contributed by atoms with Crippen LogP contribution in [0.1, 0.15) is 55.9 Å². The molecule has 1 aliphatic carbocycles. The molecule has 1 aromatic heterocycles. The molecule has 0 saturated heterocycles. The van der Waals surface area contributed by atoms with Crippen LogP contribution < -0.4 is 4.57 Å². The second-order valence-corrected chi connectivity index (χ2v) is 8.49. The molecule has 4 rings (SSSR count). The number of rotatable bonds is 2. The molecule has 0 saturated carbocycles. The molecule has 0 bridgehead atoms. The first-order valence-electron chi connectivity index (χ1n) is 9.55. The van der Waals surface area contributed by atoms with Crippen molar-refractivity contribution in [2.45, 2.75) is 46.0 Å². The Morgan fingerprint density at radius 1 is 0.846 bits per heavy atom. The Bertz CT molecular complexity index is 1010. The maximum Gasteiger partial charge on any atom is 0.212 e. The minimum absolute atomic E-state index is 0.0331. The smallest absolute Gasteiger partial charge is 0.201 e. The highest BCUT2D eigenvalue weighted by atomic mass is 14.9. The summed E-state index contributed by atoms with van der Waals surface area (Å²) < 4.78 is 2.21. The molecule has 1 heteroatoms. The number of benzene rings is 2. The lowest BCUT2D eigenvalue weighted by atomic mass is 9.80. The first-order chi connectivity index (χ1) is 12.3. The number of fused-ring (bicyclic) bond motifs is 3. The predicted octanol–water partition coefficient (Wildman–Crippen LogP) is 5.92. The van der Waals surface area contributed by atoms with E-state index in [1.54, 1.807) is 0 Å². The van der Waals surface area contributed by atoms with Crippen LogP contribution >= 0.6 is 0 Å². The van der Waals surface area contributed by atoms with E-state index in [2.05, 4.69) is 101 Å². The van der Waals surface area contributed by atoms with Crippen LogP contribution in [-0.2, 0) is 12.5 Å². The highest BCUT2D eigenvalue weighted by Crippen LogP contribution is 2.50. The van der Waals surface area contributed by atoms with Gasteiger partial charge in [-0.25, -0.2) is 4.57 Å². The molecule has 1 aliphatic rings. The number of aromatic nitrogens is 1. The van der Waals surface area contributed by atoms with E-state index in [0.29, 0.717) is 5.92 Å². The summed E-state index contributed by atoms with van der Waals surface area (Å²) in [4.78, 5) is 0. The molecule has 0 fully saturated rings. The van der Waals surface area contributed by atoms with Crippen molar-refractivity contribution in [3.63, 3.8) is 0 Å². The highest BCUT2D eigenvalue weighted by molar-refractivity contribution is 5.84. The summed E-state index contributed by atoms with van der Waals surface area (Å²) in [6.45, 7) is 11.5. The van der Waals surface area contributed by atoms with Gasteiger partial charge in [-0.05, 0) is 58.4 Å². The molecule has 2 aromatic carbocycles. The van der Waals surface area contributed by atoms with Gasteiger partial charge in [-0.2, -0.15) is 0 Å². The molecule has 0 radical (unpaired) electrons. The zero-order valence-electron chi connectivity index (χ0n) is 16.7. The van der Waals surface area contributed by atoms with E-state index in [9.17, 15) is 0 Å². The summed E-state index contributed by atoms with van der Waals surface area (Å²) in [6.07, 6.45) is 2.12. The van der Waals surface area contributed by atoms with Crippen molar-refractivity contribution in [3.8, 4) is 22.4 Å². The molecule has 26 heavy (non-hydrogen) atoms. The number of hydrogen-bond donors (Lipinski definition) is 0. The molecule has 0 unspecified atom stereocenters. The lowest BCUT2D eigenvalue weighted by Gasteiger charge is -2.23. The van der Waals surface area contributed by atoms with Gasteiger partial charge >= 0.3 is 0 Å². The van der Waals surface area contributed by atoms with Crippen LogP contribution in [0.3, 0.4) is 0 Å². The van der Waals surface area contributed by atoms with Gasteiger partial charge in [0.1, 0.15) is 7.05 Å². The van der Waals surface area contributed by atoms with E-state index in [4.69, 9.17) is 0 Å². The number of aryl methyl sites for hydroxylation is 2. The van der Waals surface area contributed by atoms with Crippen molar-refractivity contribution in [2.24, 2.45) is 7.05 Å². The number of hydrogen-bond acceptors (Lipinski definition) is 0.